The molecule has 1 fully saturated rings. The van der Waals surface area contributed by atoms with Crippen LogP contribution in [0.3, 0.4) is 0 Å². The van der Waals surface area contributed by atoms with Crippen molar-refractivity contribution < 1.29 is 4.39 Å². The summed E-state index contributed by atoms with van der Waals surface area (Å²) in [6.07, 6.45) is 3.76. The Morgan fingerprint density at radius 2 is 2.20 bits per heavy atom. The monoisotopic (exact) mass is 273 g/mol. The molecule has 4 heteroatoms. The van der Waals surface area contributed by atoms with E-state index in [0.717, 1.165) is 44.6 Å². The fourth-order valence-electron chi connectivity index (χ4n) is 2.67. The van der Waals surface area contributed by atoms with Crippen LogP contribution in [-0.2, 0) is 0 Å². The Morgan fingerprint density at radius 1 is 1.45 bits per heavy atom. The van der Waals surface area contributed by atoms with E-state index in [4.69, 9.17) is 5.26 Å². The zero-order valence-electron chi connectivity index (χ0n) is 11.6. The van der Waals surface area contributed by atoms with Gasteiger partial charge < -0.3 is 5.32 Å². The largest absolute Gasteiger partial charge is 0.314 e. The average molecular weight is 273 g/mol. The number of piperazine rings is 1. The molecule has 0 radical (unpaired) electrons. The number of allylic oxidation sites excluding steroid dienone is 1. The van der Waals surface area contributed by atoms with Crippen LogP contribution in [0.25, 0.3) is 0 Å². The summed E-state index contributed by atoms with van der Waals surface area (Å²) in [5.41, 5.74) is 1.15. The van der Waals surface area contributed by atoms with Gasteiger partial charge in [0.2, 0.25) is 0 Å². The highest BCUT2D eigenvalue weighted by atomic mass is 19.1. The maximum atomic E-state index is 13.5. The molecule has 1 heterocycles. The van der Waals surface area contributed by atoms with Crippen molar-refractivity contribution in [2.45, 2.75) is 18.9 Å². The van der Waals surface area contributed by atoms with Crippen LogP contribution in [0.5, 0.6) is 0 Å². The number of nitrogens with one attached hydrogen (secondary N) is 1. The molecule has 1 aromatic carbocycles. The third kappa shape index (κ3) is 3.44. The van der Waals surface area contributed by atoms with Crippen LogP contribution in [-0.4, -0.2) is 31.1 Å². The standard InChI is InChI=1S/C16H20FN3/c1-2-3-4-16(20-9-7-19-8-10-20)13-5-6-15(17)14(11-13)12-18/h2,5-6,11,16,19H,1,3-4,7-10H2/t16-/m0/s1. The Balaban J connectivity index is 2.25. The van der Waals surface area contributed by atoms with Crippen molar-refractivity contribution in [2.24, 2.45) is 0 Å². The third-order valence-corrected chi connectivity index (χ3v) is 3.73. The second-order valence-electron chi connectivity index (χ2n) is 5.02. The first-order valence-electron chi connectivity index (χ1n) is 7.01. The third-order valence-electron chi connectivity index (χ3n) is 3.73. The Kier molecular flexibility index (Phi) is 5.28. The number of hydrogen-bond donors (Lipinski definition) is 1. The molecular weight excluding hydrogens is 253 g/mol. The maximum absolute atomic E-state index is 13.5. The summed E-state index contributed by atoms with van der Waals surface area (Å²) >= 11 is 0. The molecular formula is C16H20FN3. The lowest BCUT2D eigenvalue weighted by molar-refractivity contribution is 0.166. The minimum absolute atomic E-state index is 0.126. The highest BCUT2D eigenvalue weighted by Gasteiger charge is 2.22. The van der Waals surface area contributed by atoms with Gasteiger partial charge in [-0.2, -0.15) is 5.26 Å². The molecule has 1 N–H and O–H groups in total. The first-order valence-corrected chi connectivity index (χ1v) is 7.01. The van der Waals surface area contributed by atoms with E-state index in [1.54, 1.807) is 12.1 Å². The topological polar surface area (TPSA) is 39.1 Å². The van der Waals surface area contributed by atoms with E-state index in [-0.39, 0.29) is 11.6 Å². The fraction of sp³-hybridized carbons (Fsp3) is 0.438. The molecule has 1 aliphatic heterocycles. The van der Waals surface area contributed by atoms with E-state index >= 15 is 0 Å². The first kappa shape index (κ1) is 14.7. The normalized spacial score (nSPS) is 17.4. The van der Waals surface area contributed by atoms with Crippen molar-refractivity contribution in [3.8, 4) is 6.07 Å². The summed E-state index contributed by atoms with van der Waals surface area (Å²) in [5.74, 6) is -0.445. The van der Waals surface area contributed by atoms with Crippen LogP contribution in [0.15, 0.2) is 30.9 Å². The average Bonchev–Trinajstić information content (AvgIpc) is 2.50. The molecule has 2 rings (SSSR count). The van der Waals surface area contributed by atoms with E-state index in [1.165, 1.54) is 6.07 Å². The Hall–Kier alpha value is -1.70. The number of halogens is 1. The summed E-state index contributed by atoms with van der Waals surface area (Å²) in [5, 5.41) is 12.3. The van der Waals surface area contributed by atoms with Crippen molar-refractivity contribution in [1.29, 1.82) is 5.26 Å². The molecule has 3 nitrogen and oxygen atoms in total. The molecule has 0 aliphatic carbocycles. The molecule has 0 amide bonds. The molecule has 1 saturated heterocycles. The van der Waals surface area contributed by atoms with Gasteiger partial charge in [0.25, 0.3) is 0 Å². The van der Waals surface area contributed by atoms with Gasteiger partial charge in [-0.25, -0.2) is 4.39 Å². The van der Waals surface area contributed by atoms with Crippen LogP contribution >= 0.6 is 0 Å². The predicted octanol–water partition coefficient (Wildman–Crippen LogP) is 2.61. The van der Waals surface area contributed by atoms with Crippen LogP contribution < -0.4 is 5.32 Å². The van der Waals surface area contributed by atoms with E-state index in [2.05, 4.69) is 16.8 Å². The van der Waals surface area contributed by atoms with Crippen LogP contribution in [0, 0.1) is 17.1 Å². The Labute approximate surface area is 119 Å². The summed E-state index contributed by atoms with van der Waals surface area (Å²) in [7, 11) is 0. The fourth-order valence-corrected chi connectivity index (χ4v) is 2.67. The number of nitriles is 1. The molecule has 0 spiro atoms. The SMILES string of the molecule is C=CCC[C@@H](c1ccc(F)c(C#N)c1)N1CCNCC1. The van der Waals surface area contributed by atoms with Gasteiger partial charge in [0.15, 0.2) is 0 Å². The van der Waals surface area contributed by atoms with Gasteiger partial charge in [-0.1, -0.05) is 12.1 Å². The molecule has 106 valence electrons. The summed E-state index contributed by atoms with van der Waals surface area (Å²) in [6, 6.07) is 7.03. The first-order chi connectivity index (χ1) is 9.76. The lowest BCUT2D eigenvalue weighted by Gasteiger charge is -2.35. The molecule has 0 aromatic heterocycles. The minimum atomic E-state index is -0.445. The minimum Gasteiger partial charge on any atom is -0.314 e. The molecule has 20 heavy (non-hydrogen) atoms. The van der Waals surface area contributed by atoms with Crippen molar-refractivity contribution in [3.63, 3.8) is 0 Å². The number of rotatable bonds is 5. The van der Waals surface area contributed by atoms with Gasteiger partial charge in [0.1, 0.15) is 11.9 Å². The maximum Gasteiger partial charge on any atom is 0.140 e. The zero-order valence-corrected chi connectivity index (χ0v) is 11.6. The summed E-state index contributed by atoms with van der Waals surface area (Å²) in [6.45, 7) is 7.66. The van der Waals surface area contributed by atoms with Gasteiger partial charge in [-0.05, 0) is 30.5 Å². The number of nitrogens with zero attached hydrogens (tertiary/aromatic N) is 2. The lowest BCUT2D eigenvalue weighted by atomic mass is 9.97. The Bertz CT molecular complexity index is 501. The van der Waals surface area contributed by atoms with E-state index < -0.39 is 5.82 Å². The van der Waals surface area contributed by atoms with Gasteiger partial charge >= 0.3 is 0 Å². The second kappa shape index (κ2) is 7.18. The molecule has 1 aliphatic rings. The highest BCUT2D eigenvalue weighted by molar-refractivity contribution is 5.35. The molecule has 0 bridgehead atoms. The van der Waals surface area contributed by atoms with Crippen LogP contribution in [0.2, 0.25) is 0 Å². The van der Waals surface area contributed by atoms with Crippen molar-refractivity contribution >= 4 is 0 Å². The molecule has 1 atom stereocenters. The number of benzene rings is 1. The summed E-state index contributed by atoms with van der Waals surface area (Å²) < 4.78 is 13.5. The van der Waals surface area contributed by atoms with Gasteiger partial charge in [0, 0.05) is 32.2 Å². The number of hydrogen-bond acceptors (Lipinski definition) is 3. The van der Waals surface area contributed by atoms with Crippen molar-refractivity contribution in [2.75, 3.05) is 26.2 Å². The predicted molar refractivity (Wildman–Crippen MR) is 77.7 cm³/mol. The van der Waals surface area contributed by atoms with Gasteiger partial charge in [-0.3, -0.25) is 4.90 Å². The Morgan fingerprint density at radius 3 is 2.85 bits per heavy atom. The van der Waals surface area contributed by atoms with E-state index in [1.807, 2.05) is 12.1 Å². The molecule has 0 unspecified atom stereocenters. The van der Waals surface area contributed by atoms with E-state index in [9.17, 15) is 4.39 Å². The second-order valence-corrected chi connectivity index (χ2v) is 5.02. The highest BCUT2D eigenvalue weighted by Crippen LogP contribution is 2.27. The quantitative estimate of drug-likeness (QED) is 0.838. The van der Waals surface area contributed by atoms with Crippen LogP contribution in [0.1, 0.15) is 30.0 Å². The van der Waals surface area contributed by atoms with Crippen LogP contribution in [0.4, 0.5) is 4.39 Å². The zero-order chi connectivity index (χ0) is 14.4. The molecule has 0 saturated carbocycles. The van der Waals surface area contributed by atoms with E-state index in [0.29, 0.717) is 0 Å². The van der Waals surface area contributed by atoms with Crippen molar-refractivity contribution in [3.05, 3.63) is 47.8 Å². The van der Waals surface area contributed by atoms with Crippen molar-refractivity contribution in [1.82, 2.24) is 10.2 Å². The lowest BCUT2D eigenvalue weighted by Crippen LogP contribution is -2.45. The van der Waals surface area contributed by atoms with Gasteiger partial charge in [0.05, 0.1) is 5.56 Å². The summed E-state index contributed by atoms with van der Waals surface area (Å²) in [4.78, 5) is 2.40. The smallest absolute Gasteiger partial charge is 0.140 e. The van der Waals surface area contributed by atoms with Gasteiger partial charge in [-0.15, -0.1) is 6.58 Å². The molecule has 1 aromatic rings.